The number of rotatable bonds is 10. The van der Waals surface area contributed by atoms with E-state index in [4.69, 9.17) is 14.5 Å². The maximum absolute atomic E-state index is 13.5. The predicted molar refractivity (Wildman–Crippen MR) is 128 cm³/mol. The lowest BCUT2D eigenvalue weighted by Crippen LogP contribution is -2.38. The predicted octanol–water partition coefficient (Wildman–Crippen LogP) is 5.08. The van der Waals surface area contributed by atoms with Gasteiger partial charge in [0.15, 0.2) is 5.13 Å². The van der Waals surface area contributed by atoms with Crippen LogP contribution in [0.25, 0.3) is 10.2 Å². The second-order valence-electron chi connectivity index (χ2n) is 7.48. The number of fused-ring (bicyclic) bond motifs is 1. The molecule has 31 heavy (non-hydrogen) atoms. The normalized spacial score (nSPS) is 11.3. The molecule has 3 rings (SSSR count). The monoisotopic (exact) mass is 441 g/mol. The van der Waals surface area contributed by atoms with Crippen LogP contribution in [0, 0.1) is 0 Å². The Kier molecular flexibility index (Phi) is 7.87. The van der Waals surface area contributed by atoms with Gasteiger partial charge < -0.3 is 14.4 Å². The van der Waals surface area contributed by atoms with E-state index in [0.717, 1.165) is 35.6 Å². The average Bonchev–Trinajstić information content (AvgIpc) is 3.20. The van der Waals surface area contributed by atoms with Gasteiger partial charge in [0.2, 0.25) is 0 Å². The summed E-state index contributed by atoms with van der Waals surface area (Å²) >= 11 is 1.51. The lowest BCUT2D eigenvalue weighted by molar-refractivity contribution is 0.0983. The van der Waals surface area contributed by atoms with Crippen LogP contribution in [0.1, 0.15) is 38.1 Å². The molecular formula is C24H31N3O3S. The van der Waals surface area contributed by atoms with Crippen molar-refractivity contribution in [3.05, 3.63) is 48.0 Å². The third-order valence-corrected chi connectivity index (χ3v) is 6.12. The van der Waals surface area contributed by atoms with Gasteiger partial charge in [-0.05, 0) is 63.3 Å². The van der Waals surface area contributed by atoms with E-state index >= 15 is 0 Å². The largest absolute Gasteiger partial charge is 0.494 e. The van der Waals surface area contributed by atoms with E-state index in [2.05, 4.69) is 18.7 Å². The fourth-order valence-corrected chi connectivity index (χ4v) is 4.37. The molecule has 166 valence electrons. The maximum Gasteiger partial charge on any atom is 0.260 e. The summed E-state index contributed by atoms with van der Waals surface area (Å²) in [6.45, 7) is 11.4. The minimum absolute atomic E-state index is 0.0683. The van der Waals surface area contributed by atoms with Gasteiger partial charge in [0.05, 0.1) is 17.9 Å². The summed E-state index contributed by atoms with van der Waals surface area (Å²) in [4.78, 5) is 22.4. The molecule has 0 fully saturated rings. The molecule has 0 saturated carbocycles. The zero-order chi connectivity index (χ0) is 22.4. The SMILES string of the molecule is CCN(CC)CCN(C(=O)c1ccc(OC(C)C)cc1)c1nc2c(OC)cccc2s1. The van der Waals surface area contributed by atoms with Crippen molar-refractivity contribution in [3.8, 4) is 11.5 Å². The van der Waals surface area contributed by atoms with Gasteiger partial charge in [-0.2, -0.15) is 0 Å². The Morgan fingerprint density at radius 3 is 2.39 bits per heavy atom. The third-order valence-electron chi connectivity index (χ3n) is 5.07. The van der Waals surface area contributed by atoms with Crippen LogP contribution < -0.4 is 14.4 Å². The van der Waals surface area contributed by atoms with Gasteiger partial charge in [-0.3, -0.25) is 9.69 Å². The number of carbonyl (C=O) groups is 1. The number of benzene rings is 2. The van der Waals surface area contributed by atoms with Crippen LogP contribution >= 0.6 is 11.3 Å². The fourth-order valence-electron chi connectivity index (χ4n) is 3.36. The molecule has 3 aromatic rings. The van der Waals surface area contributed by atoms with Gasteiger partial charge in [0, 0.05) is 18.7 Å². The Hall–Kier alpha value is -2.64. The molecule has 0 saturated heterocycles. The Bertz CT molecular complexity index is 997. The summed E-state index contributed by atoms with van der Waals surface area (Å²) in [6, 6.07) is 13.2. The first kappa shape index (κ1) is 23.0. The second-order valence-corrected chi connectivity index (χ2v) is 8.49. The third kappa shape index (κ3) is 5.54. The van der Waals surface area contributed by atoms with Crippen molar-refractivity contribution < 1.29 is 14.3 Å². The van der Waals surface area contributed by atoms with Gasteiger partial charge in [-0.15, -0.1) is 0 Å². The van der Waals surface area contributed by atoms with Crippen LogP contribution in [-0.4, -0.2) is 55.2 Å². The lowest BCUT2D eigenvalue weighted by atomic mass is 10.2. The Labute approximate surface area is 188 Å². The topological polar surface area (TPSA) is 54.9 Å². The summed E-state index contributed by atoms with van der Waals surface area (Å²) in [5, 5.41) is 0.680. The molecule has 0 bridgehead atoms. The van der Waals surface area contributed by atoms with Crippen molar-refractivity contribution in [2.45, 2.75) is 33.8 Å². The molecule has 0 spiro atoms. The molecular weight excluding hydrogens is 410 g/mol. The molecule has 0 radical (unpaired) electrons. The molecule has 0 unspecified atom stereocenters. The van der Waals surface area contributed by atoms with Crippen molar-refractivity contribution in [2.24, 2.45) is 0 Å². The van der Waals surface area contributed by atoms with Gasteiger partial charge >= 0.3 is 0 Å². The minimum atomic E-state index is -0.0683. The zero-order valence-corrected chi connectivity index (χ0v) is 19.7. The maximum atomic E-state index is 13.5. The number of amides is 1. The number of hydrogen-bond donors (Lipinski definition) is 0. The van der Waals surface area contributed by atoms with Crippen molar-refractivity contribution in [1.82, 2.24) is 9.88 Å². The van der Waals surface area contributed by atoms with Gasteiger partial charge in [-0.1, -0.05) is 31.3 Å². The highest BCUT2D eigenvalue weighted by molar-refractivity contribution is 7.22. The number of likely N-dealkylation sites (N-methyl/N-ethyl adjacent to an activating group) is 1. The van der Waals surface area contributed by atoms with Crippen LogP contribution in [0.3, 0.4) is 0 Å². The molecule has 1 heterocycles. The number of methoxy groups -OCH3 is 1. The summed E-state index contributed by atoms with van der Waals surface area (Å²) < 4.78 is 12.2. The Balaban J connectivity index is 1.93. The smallest absolute Gasteiger partial charge is 0.260 e. The van der Waals surface area contributed by atoms with Crippen LogP contribution in [0.4, 0.5) is 5.13 Å². The number of anilines is 1. The van der Waals surface area contributed by atoms with E-state index in [1.807, 2.05) is 56.3 Å². The van der Waals surface area contributed by atoms with Crippen LogP contribution in [0.2, 0.25) is 0 Å². The molecule has 0 aliphatic carbocycles. The first-order valence-corrected chi connectivity index (χ1v) is 11.5. The number of ether oxygens (including phenoxy) is 2. The molecule has 0 N–H and O–H groups in total. The quantitative estimate of drug-likeness (QED) is 0.439. The molecule has 1 amide bonds. The Morgan fingerprint density at radius 1 is 1.06 bits per heavy atom. The fraction of sp³-hybridized carbons (Fsp3) is 0.417. The molecule has 7 heteroatoms. The standard InChI is InChI=1S/C24H31N3O3S/c1-6-26(7-2)15-16-27(23(28)18-11-13-19(14-12-18)30-17(3)4)24-25-22-20(29-5)9-8-10-21(22)31-24/h8-14,17H,6-7,15-16H2,1-5H3. The first-order valence-electron chi connectivity index (χ1n) is 10.7. The molecule has 2 aromatic carbocycles. The average molecular weight is 442 g/mol. The zero-order valence-electron chi connectivity index (χ0n) is 18.9. The van der Waals surface area contributed by atoms with E-state index < -0.39 is 0 Å². The van der Waals surface area contributed by atoms with E-state index in [-0.39, 0.29) is 12.0 Å². The van der Waals surface area contributed by atoms with Crippen LogP contribution in [0.5, 0.6) is 11.5 Å². The van der Waals surface area contributed by atoms with Gasteiger partial charge in [-0.25, -0.2) is 4.98 Å². The van der Waals surface area contributed by atoms with E-state index in [1.165, 1.54) is 11.3 Å². The summed E-state index contributed by atoms with van der Waals surface area (Å²) in [6.07, 6.45) is 0.0878. The van der Waals surface area contributed by atoms with Crippen molar-refractivity contribution in [2.75, 3.05) is 38.2 Å². The first-order chi connectivity index (χ1) is 15.0. The summed E-state index contributed by atoms with van der Waals surface area (Å²) in [5.41, 5.74) is 1.40. The van der Waals surface area contributed by atoms with Crippen molar-refractivity contribution in [1.29, 1.82) is 0 Å². The minimum Gasteiger partial charge on any atom is -0.494 e. The molecule has 0 aliphatic rings. The summed E-state index contributed by atoms with van der Waals surface area (Å²) in [7, 11) is 1.64. The molecule has 1 aromatic heterocycles. The number of nitrogens with zero attached hydrogens (tertiary/aromatic N) is 3. The highest BCUT2D eigenvalue weighted by atomic mass is 32.1. The second kappa shape index (κ2) is 10.6. The van der Waals surface area contributed by atoms with Crippen molar-refractivity contribution in [3.63, 3.8) is 0 Å². The van der Waals surface area contributed by atoms with Crippen molar-refractivity contribution >= 4 is 32.6 Å². The van der Waals surface area contributed by atoms with Gasteiger partial charge in [0.25, 0.3) is 5.91 Å². The number of hydrogen-bond acceptors (Lipinski definition) is 6. The van der Waals surface area contributed by atoms with Crippen LogP contribution in [-0.2, 0) is 0 Å². The summed E-state index contributed by atoms with van der Waals surface area (Å²) in [5.74, 6) is 1.40. The highest BCUT2D eigenvalue weighted by Gasteiger charge is 2.23. The molecule has 0 aliphatic heterocycles. The number of carbonyl (C=O) groups excluding carboxylic acids is 1. The number of aromatic nitrogens is 1. The van der Waals surface area contributed by atoms with E-state index in [1.54, 1.807) is 12.0 Å². The van der Waals surface area contributed by atoms with E-state index in [9.17, 15) is 4.79 Å². The van der Waals surface area contributed by atoms with Gasteiger partial charge in [0.1, 0.15) is 17.0 Å². The van der Waals surface area contributed by atoms with E-state index in [0.29, 0.717) is 23.0 Å². The Morgan fingerprint density at radius 2 is 1.77 bits per heavy atom. The highest BCUT2D eigenvalue weighted by Crippen LogP contribution is 2.34. The number of thiazole rings is 1. The molecule has 6 nitrogen and oxygen atoms in total. The van der Waals surface area contributed by atoms with Crippen LogP contribution in [0.15, 0.2) is 42.5 Å². The molecule has 0 atom stereocenters. The lowest BCUT2D eigenvalue weighted by Gasteiger charge is -2.24. The number of para-hydroxylation sites is 1.